The molecule has 1 aliphatic carbocycles. The Morgan fingerprint density at radius 2 is 1.50 bits per heavy atom. The van der Waals surface area contributed by atoms with E-state index in [1.54, 1.807) is 0 Å². The standard InChI is InChI=1S/C11H9FO2/c12-8-3-1-7(2-4-8)11-9(13)5-6-10(11)14/h1-4,11H,5-6H2. The van der Waals surface area contributed by atoms with E-state index in [9.17, 15) is 14.0 Å². The summed E-state index contributed by atoms with van der Waals surface area (Å²) >= 11 is 0. The third kappa shape index (κ3) is 1.45. The monoisotopic (exact) mass is 192 g/mol. The van der Waals surface area contributed by atoms with Crippen LogP contribution in [0.4, 0.5) is 4.39 Å². The number of halogens is 1. The summed E-state index contributed by atoms with van der Waals surface area (Å²) in [6.07, 6.45) is 0.641. The minimum atomic E-state index is -0.643. The van der Waals surface area contributed by atoms with E-state index in [1.807, 2.05) is 0 Å². The van der Waals surface area contributed by atoms with Crippen LogP contribution < -0.4 is 0 Å². The zero-order valence-corrected chi connectivity index (χ0v) is 7.50. The maximum Gasteiger partial charge on any atom is 0.148 e. The molecule has 0 radical (unpaired) electrons. The molecular formula is C11H9FO2. The minimum Gasteiger partial charge on any atom is -0.299 e. The summed E-state index contributed by atoms with van der Waals surface area (Å²) in [6, 6.07) is 5.55. The Morgan fingerprint density at radius 1 is 1.00 bits per heavy atom. The van der Waals surface area contributed by atoms with E-state index in [-0.39, 0.29) is 17.4 Å². The molecule has 2 nitrogen and oxygen atoms in total. The van der Waals surface area contributed by atoms with Crippen LogP contribution in [0, 0.1) is 5.82 Å². The number of Topliss-reactive ketones (excluding diaryl/α,β-unsaturated/α-hetero) is 2. The fourth-order valence-corrected chi connectivity index (χ4v) is 1.74. The van der Waals surface area contributed by atoms with E-state index >= 15 is 0 Å². The second kappa shape index (κ2) is 3.33. The SMILES string of the molecule is O=C1CCC(=O)C1c1ccc(F)cc1. The molecule has 0 N–H and O–H groups in total. The van der Waals surface area contributed by atoms with E-state index in [4.69, 9.17) is 0 Å². The Morgan fingerprint density at radius 3 is 2.00 bits per heavy atom. The van der Waals surface area contributed by atoms with E-state index in [0.29, 0.717) is 18.4 Å². The van der Waals surface area contributed by atoms with Crippen molar-refractivity contribution < 1.29 is 14.0 Å². The highest BCUT2D eigenvalue weighted by Gasteiger charge is 2.33. The highest BCUT2D eigenvalue weighted by atomic mass is 19.1. The molecule has 72 valence electrons. The van der Waals surface area contributed by atoms with Gasteiger partial charge in [0.1, 0.15) is 23.3 Å². The topological polar surface area (TPSA) is 34.1 Å². The molecule has 0 saturated heterocycles. The van der Waals surface area contributed by atoms with Gasteiger partial charge in [-0.2, -0.15) is 0 Å². The van der Waals surface area contributed by atoms with Crippen molar-refractivity contribution in [3.05, 3.63) is 35.6 Å². The molecule has 1 aromatic carbocycles. The summed E-state index contributed by atoms with van der Waals surface area (Å²) in [5, 5.41) is 0. The van der Waals surface area contributed by atoms with Crippen molar-refractivity contribution in [3.63, 3.8) is 0 Å². The van der Waals surface area contributed by atoms with Gasteiger partial charge in [-0.05, 0) is 17.7 Å². The van der Waals surface area contributed by atoms with Crippen molar-refractivity contribution in [3.8, 4) is 0 Å². The lowest BCUT2D eigenvalue weighted by Crippen LogP contribution is -2.11. The van der Waals surface area contributed by atoms with Crippen LogP contribution in [0.2, 0.25) is 0 Å². The first-order chi connectivity index (χ1) is 6.68. The normalized spacial score (nSPS) is 17.8. The molecule has 0 bridgehead atoms. The van der Waals surface area contributed by atoms with Crippen LogP contribution in [0.3, 0.4) is 0 Å². The zero-order valence-electron chi connectivity index (χ0n) is 7.50. The molecule has 1 saturated carbocycles. The predicted octanol–water partition coefficient (Wildman–Crippen LogP) is 1.84. The van der Waals surface area contributed by atoms with Crippen LogP contribution >= 0.6 is 0 Å². The summed E-state index contributed by atoms with van der Waals surface area (Å²) in [5.74, 6) is -1.11. The van der Waals surface area contributed by atoms with Crippen molar-refractivity contribution in [1.82, 2.24) is 0 Å². The molecule has 0 aliphatic heterocycles. The van der Waals surface area contributed by atoms with Gasteiger partial charge in [0.05, 0.1) is 0 Å². The van der Waals surface area contributed by atoms with E-state index in [1.165, 1.54) is 24.3 Å². The lowest BCUT2D eigenvalue weighted by atomic mass is 9.96. The Labute approximate surface area is 80.7 Å². The number of hydrogen-bond acceptors (Lipinski definition) is 2. The first kappa shape index (κ1) is 9.06. The average molecular weight is 192 g/mol. The molecule has 0 unspecified atom stereocenters. The fourth-order valence-electron chi connectivity index (χ4n) is 1.74. The molecule has 0 spiro atoms. The number of ketones is 2. The molecule has 1 aliphatic rings. The van der Waals surface area contributed by atoms with Crippen molar-refractivity contribution in [1.29, 1.82) is 0 Å². The summed E-state index contributed by atoms with van der Waals surface area (Å²) < 4.78 is 12.6. The Balaban J connectivity index is 2.34. The molecule has 3 heteroatoms. The highest BCUT2D eigenvalue weighted by molar-refractivity contribution is 6.13. The van der Waals surface area contributed by atoms with Gasteiger partial charge >= 0.3 is 0 Å². The Kier molecular flexibility index (Phi) is 2.15. The van der Waals surface area contributed by atoms with Gasteiger partial charge in [0.25, 0.3) is 0 Å². The molecule has 0 aromatic heterocycles. The number of rotatable bonds is 1. The van der Waals surface area contributed by atoms with Crippen LogP contribution in [0.25, 0.3) is 0 Å². The third-order valence-corrected chi connectivity index (χ3v) is 2.47. The quantitative estimate of drug-likeness (QED) is 0.636. The van der Waals surface area contributed by atoms with E-state index < -0.39 is 5.92 Å². The minimum absolute atomic E-state index is 0.0541. The molecule has 0 amide bonds. The Bertz CT molecular complexity index is 365. The smallest absolute Gasteiger partial charge is 0.148 e. The first-order valence-electron chi connectivity index (χ1n) is 4.49. The van der Waals surface area contributed by atoms with Crippen LogP contribution in [0.15, 0.2) is 24.3 Å². The summed E-state index contributed by atoms with van der Waals surface area (Å²) in [6.45, 7) is 0. The van der Waals surface area contributed by atoms with Gasteiger partial charge in [0.2, 0.25) is 0 Å². The number of carbonyl (C=O) groups excluding carboxylic acids is 2. The maximum absolute atomic E-state index is 12.6. The molecule has 1 fully saturated rings. The lowest BCUT2D eigenvalue weighted by molar-refractivity contribution is -0.123. The second-order valence-electron chi connectivity index (χ2n) is 3.42. The molecule has 14 heavy (non-hydrogen) atoms. The second-order valence-corrected chi connectivity index (χ2v) is 3.42. The molecule has 2 rings (SSSR count). The van der Waals surface area contributed by atoms with Gasteiger partial charge in [0.15, 0.2) is 0 Å². The molecular weight excluding hydrogens is 183 g/mol. The van der Waals surface area contributed by atoms with Crippen molar-refractivity contribution in [2.24, 2.45) is 0 Å². The number of benzene rings is 1. The van der Waals surface area contributed by atoms with Crippen molar-refractivity contribution in [2.75, 3.05) is 0 Å². The summed E-state index contributed by atoms with van der Waals surface area (Å²) in [4.78, 5) is 22.7. The van der Waals surface area contributed by atoms with Gasteiger partial charge in [-0.25, -0.2) is 4.39 Å². The van der Waals surface area contributed by atoms with Crippen LogP contribution in [-0.4, -0.2) is 11.6 Å². The van der Waals surface area contributed by atoms with E-state index in [2.05, 4.69) is 0 Å². The lowest BCUT2D eigenvalue weighted by Gasteiger charge is -2.05. The van der Waals surface area contributed by atoms with Crippen molar-refractivity contribution in [2.45, 2.75) is 18.8 Å². The largest absolute Gasteiger partial charge is 0.299 e. The zero-order chi connectivity index (χ0) is 10.1. The van der Waals surface area contributed by atoms with Gasteiger partial charge in [-0.15, -0.1) is 0 Å². The summed E-state index contributed by atoms with van der Waals surface area (Å²) in [7, 11) is 0. The fraction of sp³-hybridized carbons (Fsp3) is 0.273. The number of carbonyl (C=O) groups is 2. The molecule has 0 heterocycles. The van der Waals surface area contributed by atoms with Gasteiger partial charge in [0, 0.05) is 12.8 Å². The first-order valence-corrected chi connectivity index (χ1v) is 4.49. The van der Waals surface area contributed by atoms with Gasteiger partial charge < -0.3 is 0 Å². The van der Waals surface area contributed by atoms with Gasteiger partial charge in [-0.3, -0.25) is 9.59 Å². The maximum atomic E-state index is 12.6. The number of hydrogen-bond donors (Lipinski definition) is 0. The molecule has 0 atom stereocenters. The highest BCUT2D eigenvalue weighted by Crippen LogP contribution is 2.27. The predicted molar refractivity (Wildman–Crippen MR) is 48.4 cm³/mol. The van der Waals surface area contributed by atoms with Crippen LogP contribution in [0.1, 0.15) is 24.3 Å². The van der Waals surface area contributed by atoms with Crippen LogP contribution in [-0.2, 0) is 9.59 Å². The van der Waals surface area contributed by atoms with Gasteiger partial charge in [-0.1, -0.05) is 12.1 Å². The van der Waals surface area contributed by atoms with E-state index in [0.717, 1.165) is 0 Å². The molecule has 1 aromatic rings. The third-order valence-electron chi connectivity index (χ3n) is 2.47. The van der Waals surface area contributed by atoms with Crippen LogP contribution in [0.5, 0.6) is 0 Å². The average Bonchev–Trinajstić information content (AvgIpc) is 2.49. The summed E-state index contributed by atoms with van der Waals surface area (Å²) in [5.41, 5.74) is 0.610. The Hall–Kier alpha value is -1.51. The van der Waals surface area contributed by atoms with Crippen molar-refractivity contribution >= 4 is 11.6 Å².